The third kappa shape index (κ3) is 4.97. The van der Waals surface area contributed by atoms with Crippen LogP contribution >= 0.6 is 0 Å². The second-order valence-corrected chi connectivity index (χ2v) is 8.17. The molecule has 1 aliphatic carbocycles. The standard InChI is InChI=1S/C17H30N2O3/c1-10(2)8-12(16(21)19-17(3,4)5)18-14(20)9-11-6-7-13-15(11)22-13/h10-13,15H,6-9H2,1-5H3,(H,18,20)(H,19,21)/t11-,12-,13+,15-/m0/s1. The molecule has 0 aromatic carbocycles. The number of hydrogen-bond acceptors (Lipinski definition) is 3. The third-order valence-corrected chi connectivity index (χ3v) is 4.21. The van der Waals surface area contributed by atoms with Gasteiger partial charge < -0.3 is 15.4 Å². The van der Waals surface area contributed by atoms with Gasteiger partial charge in [0.25, 0.3) is 0 Å². The number of nitrogens with one attached hydrogen (secondary N) is 2. The molecule has 0 bridgehead atoms. The van der Waals surface area contributed by atoms with Gasteiger partial charge in [0.15, 0.2) is 0 Å². The van der Waals surface area contributed by atoms with Crippen molar-refractivity contribution < 1.29 is 14.3 Å². The lowest BCUT2D eigenvalue weighted by Crippen LogP contribution is -2.52. The van der Waals surface area contributed by atoms with Crippen LogP contribution in [0.1, 0.15) is 60.3 Å². The monoisotopic (exact) mass is 310 g/mol. The van der Waals surface area contributed by atoms with Crippen LogP contribution in [-0.2, 0) is 14.3 Å². The normalized spacial score (nSPS) is 28.2. The Morgan fingerprint density at radius 2 is 1.91 bits per heavy atom. The molecule has 2 N–H and O–H groups in total. The smallest absolute Gasteiger partial charge is 0.242 e. The van der Waals surface area contributed by atoms with Crippen LogP contribution in [0.15, 0.2) is 0 Å². The van der Waals surface area contributed by atoms with Crippen LogP contribution < -0.4 is 10.6 Å². The Labute approximate surface area is 133 Å². The van der Waals surface area contributed by atoms with E-state index >= 15 is 0 Å². The summed E-state index contributed by atoms with van der Waals surface area (Å²) in [6.07, 6.45) is 3.94. The zero-order valence-corrected chi connectivity index (χ0v) is 14.4. The van der Waals surface area contributed by atoms with E-state index in [2.05, 4.69) is 24.5 Å². The first kappa shape index (κ1) is 17.3. The van der Waals surface area contributed by atoms with Crippen LogP contribution in [0.25, 0.3) is 0 Å². The van der Waals surface area contributed by atoms with Crippen molar-refractivity contribution in [2.24, 2.45) is 11.8 Å². The maximum absolute atomic E-state index is 12.4. The van der Waals surface area contributed by atoms with Crippen molar-refractivity contribution in [3.8, 4) is 0 Å². The molecule has 0 aromatic heterocycles. The van der Waals surface area contributed by atoms with E-state index in [9.17, 15) is 9.59 Å². The first-order chi connectivity index (χ1) is 10.2. The van der Waals surface area contributed by atoms with Crippen LogP contribution in [0.4, 0.5) is 0 Å². The highest BCUT2D eigenvalue weighted by Crippen LogP contribution is 2.44. The van der Waals surface area contributed by atoms with Crippen molar-refractivity contribution in [2.75, 3.05) is 0 Å². The van der Waals surface area contributed by atoms with E-state index < -0.39 is 6.04 Å². The number of amides is 2. The molecule has 0 radical (unpaired) electrons. The van der Waals surface area contributed by atoms with Gasteiger partial charge in [0.05, 0.1) is 12.2 Å². The van der Waals surface area contributed by atoms with Gasteiger partial charge in [-0.15, -0.1) is 0 Å². The van der Waals surface area contributed by atoms with Gasteiger partial charge in [0.2, 0.25) is 11.8 Å². The van der Waals surface area contributed by atoms with Gasteiger partial charge >= 0.3 is 0 Å². The Kier molecular flexibility index (Phi) is 5.15. The Bertz CT molecular complexity index is 428. The summed E-state index contributed by atoms with van der Waals surface area (Å²) in [5.41, 5.74) is -0.294. The van der Waals surface area contributed by atoms with Crippen LogP contribution in [0, 0.1) is 11.8 Å². The van der Waals surface area contributed by atoms with Crippen molar-refractivity contribution in [3.63, 3.8) is 0 Å². The summed E-state index contributed by atoms with van der Waals surface area (Å²) in [4.78, 5) is 24.7. The van der Waals surface area contributed by atoms with Gasteiger partial charge in [-0.2, -0.15) is 0 Å². The molecule has 1 heterocycles. The fraction of sp³-hybridized carbons (Fsp3) is 0.882. The summed E-state index contributed by atoms with van der Waals surface area (Å²) >= 11 is 0. The van der Waals surface area contributed by atoms with Gasteiger partial charge in [-0.1, -0.05) is 13.8 Å². The number of fused-ring (bicyclic) bond motifs is 1. The van der Waals surface area contributed by atoms with E-state index in [1.165, 1.54) is 0 Å². The van der Waals surface area contributed by atoms with Crippen molar-refractivity contribution in [1.29, 1.82) is 0 Å². The Morgan fingerprint density at radius 3 is 2.36 bits per heavy atom. The molecule has 5 nitrogen and oxygen atoms in total. The first-order valence-electron chi connectivity index (χ1n) is 8.42. The molecule has 0 spiro atoms. The summed E-state index contributed by atoms with van der Waals surface area (Å²) < 4.78 is 5.49. The second kappa shape index (κ2) is 6.57. The van der Waals surface area contributed by atoms with Crippen molar-refractivity contribution in [2.45, 2.75) is 84.1 Å². The third-order valence-electron chi connectivity index (χ3n) is 4.21. The quantitative estimate of drug-likeness (QED) is 0.737. The highest BCUT2D eigenvalue weighted by molar-refractivity contribution is 5.88. The topological polar surface area (TPSA) is 70.7 Å². The predicted octanol–water partition coefficient (Wildman–Crippen LogP) is 2.00. The largest absolute Gasteiger partial charge is 0.369 e. The molecule has 1 saturated heterocycles. The van der Waals surface area contributed by atoms with E-state index in [0.717, 1.165) is 12.8 Å². The number of hydrogen-bond donors (Lipinski definition) is 2. The van der Waals surface area contributed by atoms with Gasteiger partial charge in [-0.3, -0.25) is 9.59 Å². The number of epoxide rings is 1. The molecule has 2 fully saturated rings. The molecule has 2 amide bonds. The first-order valence-corrected chi connectivity index (χ1v) is 8.42. The van der Waals surface area contributed by atoms with E-state index in [1.807, 2.05) is 20.8 Å². The number of carbonyl (C=O) groups excluding carboxylic acids is 2. The molecule has 126 valence electrons. The van der Waals surface area contributed by atoms with E-state index in [0.29, 0.717) is 30.8 Å². The van der Waals surface area contributed by atoms with Gasteiger partial charge in [0.1, 0.15) is 6.04 Å². The van der Waals surface area contributed by atoms with Crippen LogP contribution in [0.5, 0.6) is 0 Å². The molecule has 0 unspecified atom stereocenters. The minimum atomic E-state index is -0.455. The zero-order valence-electron chi connectivity index (χ0n) is 14.4. The van der Waals surface area contributed by atoms with Crippen LogP contribution in [0.2, 0.25) is 0 Å². The summed E-state index contributed by atoms with van der Waals surface area (Å²) in [5, 5.41) is 5.89. The molecule has 0 aromatic rings. The van der Waals surface area contributed by atoms with Gasteiger partial charge in [-0.05, 0) is 51.9 Å². The molecule has 2 aliphatic rings. The van der Waals surface area contributed by atoms with Gasteiger partial charge in [-0.25, -0.2) is 0 Å². The number of carbonyl (C=O) groups is 2. The fourth-order valence-corrected chi connectivity index (χ4v) is 3.22. The summed E-state index contributed by atoms with van der Waals surface area (Å²) in [6.45, 7) is 9.96. The lowest BCUT2D eigenvalue weighted by Gasteiger charge is -2.26. The van der Waals surface area contributed by atoms with E-state index in [4.69, 9.17) is 4.74 Å². The van der Waals surface area contributed by atoms with Crippen molar-refractivity contribution in [3.05, 3.63) is 0 Å². The lowest BCUT2D eigenvalue weighted by atomic mass is 9.99. The summed E-state index contributed by atoms with van der Waals surface area (Å²) in [5.74, 6) is 0.548. The zero-order chi connectivity index (χ0) is 16.5. The van der Waals surface area contributed by atoms with Gasteiger partial charge in [0, 0.05) is 12.0 Å². The highest BCUT2D eigenvalue weighted by atomic mass is 16.6. The molecule has 5 heteroatoms. The fourth-order valence-electron chi connectivity index (χ4n) is 3.22. The molecule has 1 aliphatic heterocycles. The lowest BCUT2D eigenvalue weighted by molar-refractivity contribution is -0.130. The number of rotatable bonds is 6. The summed E-state index contributed by atoms with van der Waals surface area (Å²) in [6, 6.07) is -0.455. The minimum Gasteiger partial charge on any atom is -0.369 e. The van der Waals surface area contributed by atoms with E-state index in [1.54, 1.807) is 0 Å². The number of ether oxygens (including phenoxy) is 1. The molecular formula is C17H30N2O3. The predicted molar refractivity (Wildman–Crippen MR) is 85.3 cm³/mol. The Hall–Kier alpha value is -1.10. The summed E-state index contributed by atoms with van der Waals surface area (Å²) in [7, 11) is 0. The Balaban J connectivity index is 1.87. The average Bonchev–Trinajstić information content (AvgIpc) is 3.02. The van der Waals surface area contributed by atoms with Crippen molar-refractivity contribution >= 4 is 11.8 Å². The maximum Gasteiger partial charge on any atom is 0.242 e. The molecule has 2 rings (SSSR count). The SMILES string of the molecule is CC(C)C[C@H](NC(=O)C[C@@H]1CC[C@H]2O[C@@H]12)C(=O)NC(C)(C)C. The average molecular weight is 310 g/mol. The molecule has 1 saturated carbocycles. The second-order valence-electron chi connectivity index (χ2n) is 8.17. The molecule has 22 heavy (non-hydrogen) atoms. The van der Waals surface area contributed by atoms with E-state index in [-0.39, 0.29) is 23.5 Å². The van der Waals surface area contributed by atoms with Crippen molar-refractivity contribution in [1.82, 2.24) is 10.6 Å². The Morgan fingerprint density at radius 1 is 1.23 bits per heavy atom. The molecular weight excluding hydrogens is 280 g/mol. The van der Waals surface area contributed by atoms with Crippen LogP contribution in [0.3, 0.4) is 0 Å². The molecule has 4 atom stereocenters. The van der Waals surface area contributed by atoms with Crippen LogP contribution in [-0.4, -0.2) is 35.6 Å². The maximum atomic E-state index is 12.4. The highest BCUT2D eigenvalue weighted by Gasteiger charge is 2.50. The minimum absolute atomic E-state index is 0.0316.